The Hall–Kier alpha value is -0.520. The van der Waals surface area contributed by atoms with E-state index in [1.807, 2.05) is 0 Å². The lowest BCUT2D eigenvalue weighted by molar-refractivity contribution is 0.666. The van der Waals surface area contributed by atoms with Gasteiger partial charge in [-0.2, -0.15) is 0 Å². The molecule has 40 valence electrons. The molecular formula is C8H8. The number of hydrogen-bond acceptors (Lipinski definition) is 0. The molecule has 2 unspecified atom stereocenters. The molecule has 1 saturated carbocycles. The predicted octanol–water partition coefficient (Wildman–Crippen LogP) is 1.89. The van der Waals surface area contributed by atoms with E-state index in [2.05, 4.69) is 12.2 Å². The monoisotopic (exact) mass is 104 g/mol. The first kappa shape index (κ1) is 3.49. The SMILES string of the molecule is C1=C2C=C3C1C3CC2. The van der Waals surface area contributed by atoms with Gasteiger partial charge >= 0.3 is 0 Å². The van der Waals surface area contributed by atoms with Crippen molar-refractivity contribution in [2.24, 2.45) is 11.8 Å². The molecule has 0 amide bonds. The topological polar surface area (TPSA) is 0 Å². The van der Waals surface area contributed by atoms with Gasteiger partial charge in [0, 0.05) is 5.92 Å². The lowest BCUT2D eigenvalue weighted by Gasteiger charge is -2.07. The van der Waals surface area contributed by atoms with Gasteiger partial charge in [0.25, 0.3) is 0 Å². The Morgan fingerprint density at radius 1 is 1.50 bits per heavy atom. The molecule has 0 aromatic rings. The highest BCUT2D eigenvalue weighted by atomic mass is 14.5. The normalized spacial score (nSPS) is 46.0. The van der Waals surface area contributed by atoms with Crippen molar-refractivity contribution < 1.29 is 0 Å². The maximum absolute atomic E-state index is 2.45. The Labute approximate surface area is 48.9 Å². The molecule has 0 saturated heterocycles. The van der Waals surface area contributed by atoms with E-state index in [-0.39, 0.29) is 0 Å². The Balaban J connectivity index is 2.29. The summed E-state index contributed by atoms with van der Waals surface area (Å²) in [5.74, 6) is 1.96. The average molecular weight is 104 g/mol. The van der Waals surface area contributed by atoms with E-state index in [9.17, 15) is 0 Å². The highest BCUT2D eigenvalue weighted by Crippen LogP contribution is 2.58. The van der Waals surface area contributed by atoms with E-state index < -0.39 is 0 Å². The summed E-state index contributed by atoms with van der Waals surface area (Å²) in [6, 6.07) is 0. The van der Waals surface area contributed by atoms with Crippen LogP contribution in [0.2, 0.25) is 0 Å². The summed E-state index contributed by atoms with van der Waals surface area (Å²) in [4.78, 5) is 0. The molecule has 0 heteroatoms. The van der Waals surface area contributed by atoms with Crippen LogP contribution in [-0.2, 0) is 0 Å². The standard InChI is InChI=1S/C8H8/c1-2-6-7-3-5(1)4-8(6)7/h3-4,6-7H,1-2H2. The highest BCUT2D eigenvalue weighted by Gasteiger charge is 2.47. The van der Waals surface area contributed by atoms with E-state index in [0.717, 1.165) is 11.8 Å². The van der Waals surface area contributed by atoms with E-state index in [0.29, 0.717) is 0 Å². The first-order chi connectivity index (χ1) is 3.95. The van der Waals surface area contributed by atoms with Crippen LogP contribution in [0.1, 0.15) is 12.8 Å². The van der Waals surface area contributed by atoms with Crippen molar-refractivity contribution in [2.45, 2.75) is 12.8 Å². The number of allylic oxidation sites excluding steroid dienone is 4. The van der Waals surface area contributed by atoms with Crippen LogP contribution in [0.4, 0.5) is 0 Å². The molecule has 0 radical (unpaired) electrons. The summed E-state index contributed by atoms with van der Waals surface area (Å²) in [5.41, 5.74) is 3.36. The van der Waals surface area contributed by atoms with Crippen LogP contribution >= 0.6 is 0 Å². The zero-order valence-electron chi connectivity index (χ0n) is 4.72. The van der Waals surface area contributed by atoms with Gasteiger partial charge in [0.05, 0.1) is 0 Å². The lowest BCUT2D eigenvalue weighted by atomic mass is 9.98. The second-order valence-electron chi connectivity index (χ2n) is 3.06. The van der Waals surface area contributed by atoms with E-state index in [4.69, 9.17) is 0 Å². The molecule has 4 bridgehead atoms. The molecule has 4 aliphatic carbocycles. The van der Waals surface area contributed by atoms with Crippen molar-refractivity contribution in [1.82, 2.24) is 0 Å². The molecule has 0 spiro atoms. The largest absolute Gasteiger partial charge is 0.0735 e. The van der Waals surface area contributed by atoms with Crippen LogP contribution in [0, 0.1) is 11.8 Å². The molecule has 0 N–H and O–H groups in total. The van der Waals surface area contributed by atoms with Gasteiger partial charge in [0.15, 0.2) is 0 Å². The third-order valence-corrected chi connectivity index (χ3v) is 2.63. The van der Waals surface area contributed by atoms with Crippen LogP contribution in [0.5, 0.6) is 0 Å². The van der Waals surface area contributed by atoms with Gasteiger partial charge < -0.3 is 0 Å². The van der Waals surface area contributed by atoms with Crippen molar-refractivity contribution in [1.29, 1.82) is 0 Å². The summed E-state index contributed by atoms with van der Waals surface area (Å²) in [6.07, 6.45) is 7.68. The maximum atomic E-state index is 2.45. The highest BCUT2D eigenvalue weighted by molar-refractivity contribution is 5.51. The smallest absolute Gasteiger partial charge is 0.00548 e. The second kappa shape index (κ2) is 0.812. The minimum Gasteiger partial charge on any atom is -0.0735 e. The first-order valence-electron chi connectivity index (χ1n) is 3.37. The quantitative estimate of drug-likeness (QED) is 0.440. The molecule has 0 heterocycles. The van der Waals surface area contributed by atoms with Crippen molar-refractivity contribution >= 4 is 0 Å². The molecule has 0 nitrogen and oxygen atoms in total. The van der Waals surface area contributed by atoms with Gasteiger partial charge in [-0.3, -0.25) is 0 Å². The summed E-state index contributed by atoms with van der Waals surface area (Å²) in [5, 5.41) is 0. The molecule has 1 fully saturated rings. The molecule has 8 heavy (non-hydrogen) atoms. The minimum atomic E-state index is 0.943. The zero-order chi connectivity index (χ0) is 5.14. The van der Waals surface area contributed by atoms with Gasteiger partial charge in [-0.05, 0) is 18.8 Å². The third-order valence-electron chi connectivity index (χ3n) is 2.63. The minimum absolute atomic E-state index is 0.943. The molecule has 0 aliphatic heterocycles. The van der Waals surface area contributed by atoms with Crippen molar-refractivity contribution in [3.8, 4) is 0 Å². The molecular weight excluding hydrogens is 96.1 g/mol. The fourth-order valence-corrected chi connectivity index (χ4v) is 2.10. The van der Waals surface area contributed by atoms with Gasteiger partial charge in [-0.15, -0.1) is 0 Å². The van der Waals surface area contributed by atoms with E-state index in [1.54, 1.807) is 11.1 Å². The van der Waals surface area contributed by atoms with Crippen molar-refractivity contribution in [3.05, 3.63) is 23.3 Å². The number of rotatable bonds is 0. The molecule has 4 aliphatic rings. The summed E-state index contributed by atoms with van der Waals surface area (Å²) < 4.78 is 0. The van der Waals surface area contributed by atoms with Crippen LogP contribution in [0.25, 0.3) is 0 Å². The summed E-state index contributed by atoms with van der Waals surface area (Å²) in [7, 11) is 0. The summed E-state index contributed by atoms with van der Waals surface area (Å²) >= 11 is 0. The van der Waals surface area contributed by atoms with Crippen LogP contribution < -0.4 is 0 Å². The van der Waals surface area contributed by atoms with Crippen LogP contribution in [0.3, 0.4) is 0 Å². The fraction of sp³-hybridized carbons (Fsp3) is 0.500. The zero-order valence-corrected chi connectivity index (χ0v) is 4.72. The number of fused-ring (bicyclic) bond motifs is 1. The van der Waals surface area contributed by atoms with Gasteiger partial charge in [-0.25, -0.2) is 0 Å². The fourth-order valence-electron chi connectivity index (χ4n) is 2.10. The van der Waals surface area contributed by atoms with Crippen molar-refractivity contribution in [2.75, 3.05) is 0 Å². The summed E-state index contributed by atoms with van der Waals surface area (Å²) in [6.45, 7) is 0. The third kappa shape index (κ3) is 0.218. The molecule has 2 atom stereocenters. The van der Waals surface area contributed by atoms with E-state index in [1.165, 1.54) is 12.8 Å². The predicted molar refractivity (Wildman–Crippen MR) is 32.4 cm³/mol. The molecule has 4 rings (SSSR count). The van der Waals surface area contributed by atoms with E-state index >= 15 is 0 Å². The van der Waals surface area contributed by atoms with Crippen LogP contribution in [0.15, 0.2) is 23.3 Å². The van der Waals surface area contributed by atoms with Crippen molar-refractivity contribution in [3.63, 3.8) is 0 Å². The average Bonchev–Trinajstić information content (AvgIpc) is 2.38. The Bertz CT molecular complexity index is 208. The Kier molecular flexibility index (Phi) is 0.355. The van der Waals surface area contributed by atoms with Gasteiger partial charge in [0.2, 0.25) is 0 Å². The molecule has 0 aromatic heterocycles. The Morgan fingerprint density at radius 2 is 2.50 bits per heavy atom. The molecule has 0 aromatic carbocycles. The number of hydrogen-bond donors (Lipinski definition) is 0. The van der Waals surface area contributed by atoms with Gasteiger partial charge in [-0.1, -0.05) is 23.3 Å². The maximum Gasteiger partial charge on any atom is 0.00548 e. The second-order valence-corrected chi connectivity index (χ2v) is 3.06. The lowest BCUT2D eigenvalue weighted by Crippen LogP contribution is -1.92. The first-order valence-corrected chi connectivity index (χ1v) is 3.37. The van der Waals surface area contributed by atoms with Gasteiger partial charge in [0.1, 0.15) is 0 Å². The Morgan fingerprint density at radius 3 is 2.75 bits per heavy atom. The van der Waals surface area contributed by atoms with Crippen LogP contribution in [-0.4, -0.2) is 0 Å².